The number of benzene rings is 8. The summed E-state index contributed by atoms with van der Waals surface area (Å²) in [6.45, 7) is 0. The first-order valence-corrected chi connectivity index (χ1v) is 19.8. The van der Waals surface area contributed by atoms with Gasteiger partial charge in [0.15, 0.2) is 0 Å². The van der Waals surface area contributed by atoms with E-state index in [1.807, 2.05) is 6.20 Å². The quantitative estimate of drug-likeness (QED) is 0.127. The zero-order valence-corrected chi connectivity index (χ0v) is 32.1. The molecular weight excluding hydrogens is 699 g/mol. The van der Waals surface area contributed by atoms with Crippen LogP contribution in [0.15, 0.2) is 249 Å². The highest BCUT2D eigenvalue weighted by molar-refractivity contribution is 6.05. The summed E-state index contributed by atoms with van der Waals surface area (Å²) in [6, 6.07) is 86.3. The molecular formula is C57H41N. The first kappa shape index (κ1) is 36.1. The maximum Gasteiger partial charge on any atom is 0.0702 e. The van der Waals surface area contributed by atoms with E-state index < -0.39 is 0 Å². The van der Waals surface area contributed by atoms with Crippen LogP contribution in [0.1, 0.15) is 44.5 Å². The van der Waals surface area contributed by atoms with Gasteiger partial charge in [0, 0.05) is 17.3 Å². The summed E-state index contributed by atoms with van der Waals surface area (Å²) in [5, 5.41) is 0. The molecule has 9 aromatic rings. The zero-order chi connectivity index (χ0) is 38.9. The summed E-state index contributed by atoms with van der Waals surface area (Å²) >= 11 is 0. The fourth-order valence-corrected chi connectivity index (χ4v) is 7.82. The summed E-state index contributed by atoms with van der Waals surface area (Å²) < 4.78 is 0. The van der Waals surface area contributed by atoms with Crippen molar-refractivity contribution in [2.45, 2.75) is 0 Å². The van der Waals surface area contributed by atoms with E-state index in [1.165, 1.54) is 55.7 Å². The second-order valence-corrected chi connectivity index (χ2v) is 14.3. The van der Waals surface area contributed by atoms with Crippen molar-refractivity contribution in [3.8, 4) is 22.4 Å². The number of hydrogen-bond acceptors (Lipinski definition) is 1. The third-order valence-electron chi connectivity index (χ3n) is 10.6. The average molecular weight is 740 g/mol. The van der Waals surface area contributed by atoms with Gasteiger partial charge in [-0.05, 0) is 78.4 Å². The van der Waals surface area contributed by atoms with Crippen LogP contribution in [-0.2, 0) is 0 Å². The summed E-state index contributed by atoms with van der Waals surface area (Å²) in [6.07, 6.45) is 1.99. The predicted octanol–water partition coefficient (Wildman–Crippen LogP) is 14.4. The maximum atomic E-state index is 4.98. The molecule has 0 aliphatic heterocycles. The number of rotatable bonds is 10. The van der Waals surface area contributed by atoms with Crippen LogP contribution in [0.5, 0.6) is 0 Å². The van der Waals surface area contributed by atoms with Crippen molar-refractivity contribution in [1.82, 2.24) is 4.98 Å². The highest BCUT2D eigenvalue weighted by Gasteiger charge is 2.18. The molecule has 58 heavy (non-hydrogen) atoms. The molecule has 1 aromatic heterocycles. The molecule has 0 saturated heterocycles. The Hall–Kier alpha value is -7.61. The fraction of sp³-hybridized carbons (Fsp3) is 0. The van der Waals surface area contributed by atoms with Gasteiger partial charge in [0.2, 0.25) is 0 Å². The highest BCUT2D eigenvalue weighted by atomic mass is 14.7. The molecule has 0 unspecified atom stereocenters. The van der Waals surface area contributed by atoms with Gasteiger partial charge in [-0.1, -0.05) is 237 Å². The lowest BCUT2D eigenvalue weighted by atomic mass is 9.85. The van der Waals surface area contributed by atoms with Crippen LogP contribution in [0, 0.1) is 0 Å². The molecule has 0 aliphatic rings. The Morgan fingerprint density at radius 1 is 0.207 bits per heavy atom. The Labute approximate surface area is 341 Å². The van der Waals surface area contributed by atoms with E-state index in [9.17, 15) is 0 Å². The molecule has 0 radical (unpaired) electrons. The second kappa shape index (κ2) is 17.0. The van der Waals surface area contributed by atoms with Crippen molar-refractivity contribution in [2.24, 2.45) is 0 Å². The molecule has 1 heterocycles. The van der Waals surface area contributed by atoms with Crippen LogP contribution in [0.3, 0.4) is 0 Å². The Kier molecular flexibility index (Phi) is 10.6. The highest BCUT2D eigenvalue weighted by Crippen LogP contribution is 2.39. The molecule has 0 N–H and O–H groups in total. The Balaban J connectivity index is 1.05. The van der Waals surface area contributed by atoms with E-state index in [0.29, 0.717) is 0 Å². The normalized spacial score (nSPS) is 10.8. The third kappa shape index (κ3) is 7.75. The minimum atomic E-state index is 0.938. The lowest BCUT2D eigenvalue weighted by Gasteiger charge is -2.18. The van der Waals surface area contributed by atoms with Crippen molar-refractivity contribution in [2.75, 3.05) is 0 Å². The molecule has 9 rings (SSSR count). The molecule has 0 bridgehead atoms. The predicted molar refractivity (Wildman–Crippen MR) is 244 cm³/mol. The van der Waals surface area contributed by atoms with Crippen molar-refractivity contribution in [3.05, 3.63) is 293 Å². The molecule has 0 saturated carbocycles. The number of aromatic nitrogens is 1. The van der Waals surface area contributed by atoms with Gasteiger partial charge in [0.25, 0.3) is 0 Å². The molecule has 0 spiro atoms. The van der Waals surface area contributed by atoms with Crippen molar-refractivity contribution in [1.29, 1.82) is 0 Å². The van der Waals surface area contributed by atoms with E-state index in [1.54, 1.807) is 0 Å². The van der Waals surface area contributed by atoms with Crippen molar-refractivity contribution >= 4 is 22.3 Å². The summed E-state index contributed by atoms with van der Waals surface area (Å²) in [5.74, 6) is 0. The van der Waals surface area contributed by atoms with Gasteiger partial charge in [-0.25, -0.2) is 0 Å². The van der Waals surface area contributed by atoms with Crippen molar-refractivity contribution in [3.63, 3.8) is 0 Å². The third-order valence-corrected chi connectivity index (χ3v) is 10.6. The van der Waals surface area contributed by atoms with Gasteiger partial charge in [-0.15, -0.1) is 0 Å². The first-order chi connectivity index (χ1) is 28.8. The Bertz CT molecular complexity index is 2490. The molecule has 274 valence electrons. The van der Waals surface area contributed by atoms with Gasteiger partial charge in [-0.3, -0.25) is 4.98 Å². The minimum absolute atomic E-state index is 0.938. The molecule has 0 amide bonds. The minimum Gasteiger partial charge on any atom is -0.256 e. The Morgan fingerprint density at radius 3 is 0.707 bits per heavy atom. The first-order valence-electron chi connectivity index (χ1n) is 19.8. The van der Waals surface area contributed by atoms with Gasteiger partial charge < -0.3 is 0 Å². The van der Waals surface area contributed by atoms with Crippen LogP contribution < -0.4 is 0 Å². The molecule has 8 aromatic carbocycles. The lowest BCUT2D eigenvalue weighted by molar-refractivity contribution is 1.32. The molecule has 0 fully saturated rings. The van der Waals surface area contributed by atoms with E-state index in [0.717, 1.165) is 33.5 Å². The van der Waals surface area contributed by atoms with Crippen molar-refractivity contribution < 1.29 is 0 Å². The molecule has 0 atom stereocenters. The SMILES string of the molecule is c1ccc(C(=C(c2ccccc2)c2ccc(-c3ccc(-c4ccc(C(=C(c5ccccc5)c5ccccc5)c5ccccc5)cc4)nc3)cc2)c2ccccc2)cc1. The number of pyridine rings is 1. The number of nitrogens with zero attached hydrogens (tertiary/aromatic N) is 1. The largest absolute Gasteiger partial charge is 0.256 e. The topological polar surface area (TPSA) is 12.9 Å². The molecule has 1 nitrogen and oxygen atoms in total. The van der Waals surface area contributed by atoms with Crippen LogP contribution in [0.25, 0.3) is 44.7 Å². The maximum absolute atomic E-state index is 4.98. The van der Waals surface area contributed by atoms with E-state index >= 15 is 0 Å². The van der Waals surface area contributed by atoms with E-state index in [2.05, 4.69) is 243 Å². The summed E-state index contributed by atoms with van der Waals surface area (Å²) in [4.78, 5) is 4.98. The van der Waals surface area contributed by atoms with Gasteiger partial charge in [-0.2, -0.15) is 0 Å². The summed E-state index contributed by atoms with van der Waals surface area (Å²) in [5.41, 5.74) is 18.4. The average Bonchev–Trinajstić information content (AvgIpc) is 3.32. The van der Waals surface area contributed by atoms with Crippen LogP contribution in [0.2, 0.25) is 0 Å². The molecule has 0 aliphatic carbocycles. The van der Waals surface area contributed by atoms with E-state index in [4.69, 9.17) is 4.98 Å². The monoisotopic (exact) mass is 739 g/mol. The van der Waals surface area contributed by atoms with Crippen LogP contribution >= 0.6 is 0 Å². The van der Waals surface area contributed by atoms with Gasteiger partial charge >= 0.3 is 0 Å². The van der Waals surface area contributed by atoms with E-state index in [-0.39, 0.29) is 0 Å². The fourth-order valence-electron chi connectivity index (χ4n) is 7.82. The standard InChI is InChI=1S/C57H41N/c1-7-19-44(20-8-1)54(45-21-9-2-10-22-45)56(48-27-15-5-16-28-48)50-35-31-42(32-36-50)52-39-40-53(58-41-52)43-33-37-51(38-34-43)57(49-29-17-6-18-30-49)55(46-23-11-3-12-24-46)47-25-13-4-14-26-47/h1-41H. The molecule has 1 heteroatoms. The lowest BCUT2D eigenvalue weighted by Crippen LogP contribution is -1.97. The zero-order valence-electron chi connectivity index (χ0n) is 32.1. The smallest absolute Gasteiger partial charge is 0.0702 e. The second-order valence-electron chi connectivity index (χ2n) is 14.3. The van der Waals surface area contributed by atoms with Crippen LogP contribution in [-0.4, -0.2) is 4.98 Å². The number of hydrogen-bond donors (Lipinski definition) is 0. The van der Waals surface area contributed by atoms with Crippen LogP contribution in [0.4, 0.5) is 0 Å². The van der Waals surface area contributed by atoms with Gasteiger partial charge in [0.1, 0.15) is 0 Å². The van der Waals surface area contributed by atoms with Gasteiger partial charge in [0.05, 0.1) is 5.69 Å². The Morgan fingerprint density at radius 2 is 0.448 bits per heavy atom. The summed E-state index contributed by atoms with van der Waals surface area (Å²) in [7, 11) is 0.